The van der Waals surface area contributed by atoms with Crippen LogP contribution in [0.25, 0.3) is 0 Å². The Hall–Kier alpha value is -1.37. The molecule has 3 heteroatoms. The van der Waals surface area contributed by atoms with Crippen LogP contribution in [0.4, 0.5) is 0 Å². The van der Waals surface area contributed by atoms with Crippen molar-refractivity contribution in [1.29, 1.82) is 5.26 Å². The van der Waals surface area contributed by atoms with Gasteiger partial charge in [0.25, 0.3) is 0 Å². The van der Waals surface area contributed by atoms with E-state index in [9.17, 15) is 5.11 Å². The second kappa shape index (κ2) is 4.61. The van der Waals surface area contributed by atoms with Crippen LogP contribution in [0.5, 0.6) is 0 Å². The SMILES string of the molecule is CNC(c1ccccc1)C(O)C#N. The van der Waals surface area contributed by atoms with Crippen LogP contribution in [0.15, 0.2) is 30.3 Å². The Morgan fingerprint density at radius 3 is 2.46 bits per heavy atom. The third kappa shape index (κ3) is 2.28. The molecule has 0 saturated heterocycles. The quantitative estimate of drug-likeness (QED) is 0.671. The van der Waals surface area contributed by atoms with Crippen molar-refractivity contribution >= 4 is 0 Å². The molecule has 0 aliphatic carbocycles. The zero-order valence-corrected chi connectivity index (χ0v) is 7.44. The first-order valence-corrected chi connectivity index (χ1v) is 4.09. The van der Waals surface area contributed by atoms with Crippen molar-refractivity contribution in [2.24, 2.45) is 0 Å². The Balaban J connectivity index is 2.86. The summed E-state index contributed by atoms with van der Waals surface area (Å²) in [6, 6.07) is 10.9. The van der Waals surface area contributed by atoms with Gasteiger partial charge < -0.3 is 10.4 Å². The summed E-state index contributed by atoms with van der Waals surface area (Å²) in [5.41, 5.74) is 0.916. The lowest BCUT2D eigenvalue weighted by atomic mass is 10.0. The van der Waals surface area contributed by atoms with Gasteiger partial charge in [0.2, 0.25) is 0 Å². The van der Waals surface area contributed by atoms with Gasteiger partial charge in [0.1, 0.15) is 0 Å². The topological polar surface area (TPSA) is 56.0 Å². The Bertz CT molecular complexity index is 292. The first kappa shape index (κ1) is 9.72. The number of nitrogens with zero attached hydrogens (tertiary/aromatic N) is 1. The summed E-state index contributed by atoms with van der Waals surface area (Å²) in [6.45, 7) is 0. The highest BCUT2D eigenvalue weighted by Gasteiger charge is 2.17. The van der Waals surface area contributed by atoms with E-state index < -0.39 is 6.10 Å². The summed E-state index contributed by atoms with van der Waals surface area (Å²) in [4.78, 5) is 0. The number of aliphatic hydroxyl groups is 1. The third-order valence-corrected chi connectivity index (χ3v) is 1.92. The lowest BCUT2D eigenvalue weighted by molar-refractivity contribution is 0.184. The second-order valence-electron chi connectivity index (χ2n) is 2.75. The average molecular weight is 176 g/mol. The smallest absolute Gasteiger partial charge is 0.159 e. The van der Waals surface area contributed by atoms with Crippen LogP contribution in [0.1, 0.15) is 11.6 Å². The van der Waals surface area contributed by atoms with E-state index in [2.05, 4.69) is 5.32 Å². The molecule has 68 valence electrons. The van der Waals surface area contributed by atoms with Crippen LogP contribution in [0.2, 0.25) is 0 Å². The van der Waals surface area contributed by atoms with Gasteiger partial charge in [-0.3, -0.25) is 0 Å². The van der Waals surface area contributed by atoms with Crippen LogP contribution < -0.4 is 5.32 Å². The normalized spacial score (nSPS) is 14.5. The predicted molar refractivity (Wildman–Crippen MR) is 49.9 cm³/mol. The fraction of sp³-hybridized carbons (Fsp3) is 0.300. The summed E-state index contributed by atoms with van der Waals surface area (Å²) in [6.07, 6.45) is -1.01. The molecule has 1 rings (SSSR count). The Morgan fingerprint density at radius 1 is 1.38 bits per heavy atom. The maximum absolute atomic E-state index is 9.35. The van der Waals surface area contributed by atoms with Crippen LogP contribution in [-0.4, -0.2) is 18.3 Å². The molecule has 0 fully saturated rings. The first-order valence-electron chi connectivity index (χ1n) is 4.09. The monoisotopic (exact) mass is 176 g/mol. The molecule has 0 radical (unpaired) electrons. The van der Waals surface area contributed by atoms with Crippen LogP contribution >= 0.6 is 0 Å². The molecule has 1 aromatic carbocycles. The predicted octanol–water partition coefficient (Wildman–Crippen LogP) is 0.832. The van der Waals surface area contributed by atoms with Gasteiger partial charge in [-0.05, 0) is 12.6 Å². The molecule has 2 unspecified atom stereocenters. The number of rotatable bonds is 3. The summed E-state index contributed by atoms with van der Waals surface area (Å²) < 4.78 is 0. The minimum Gasteiger partial charge on any atom is -0.376 e. The fourth-order valence-electron chi connectivity index (χ4n) is 1.24. The highest BCUT2D eigenvalue weighted by molar-refractivity contribution is 5.21. The van der Waals surface area contributed by atoms with E-state index in [-0.39, 0.29) is 6.04 Å². The molecule has 2 atom stereocenters. The van der Waals surface area contributed by atoms with Crippen LogP contribution in [0, 0.1) is 11.3 Å². The van der Waals surface area contributed by atoms with Gasteiger partial charge in [0.15, 0.2) is 6.10 Å². The van der Waals surface area contributed by atoms with Crippen LogP contribution in [-0.2, 0) is 0 Å². The maximum Gasteiger partial charge on any atom is 0.159 e. The summed E-state index contributed by atoms with van der Waals surface area (Å²) in [7, 11) is 1.72. The molecule has 1 aromatic rings. The lowest BCUT2D eigenvalue weighted by Gasteiger charge is -2.17. The minimum atomic E-state index is -1.01. The van der Waals surface area contributed by atoms with Crippen molar-refractivity contribution in [3.63, 3.8) is 0 Å². The molecule has 0 saturated carbocycles. The highest BCUT2D eigenvalue weighted by atomic mass is 16.3. The Kier molecular flexibility index (Phi) is 3.44. The van der Waals surface area contributed by atoms with Crippen molar-refractivity contribution < 1.29 is 5.11 Å². The van der Waals surface area contributed by atoms with E-state index in [1.54, 1.807) is 7.05 Å². The van der Waals surface area contributed by atoms with E-state index in [0.717, 1.165) is 5.56 Å². The van der Waals surface area contributed by atoms with E-state index >= 15 is 0 Å². The third-order valence-electron chi connectivity index (χ3n) is 1.92. The van der Waals surface area contributed by atoms with Gasteiger partial charge in [0.05, 0.1) is 12.1 Å². The molecule has 0 aliphatic heterocycles. The first-order chi connectivity index (χ1) is 6.29. The largest absolute Gasteiger partial charge is 0.376 e. The molecule has 0 aromatic heterocycles. The van der Waals surface area contributed by atoms with Crippen molar-refractivity contribution in [1.82, 2.24) is 5.32 Å². The van der Waals surface area contributed by atoms with Gasteiger partial charge in [0, 0.05) is 0 Å². The molecular weight excluding hydrogens is 164 g/mol. The maximum atomic E-state index is 9.35. The molecule has 0 bridgehead atoms. The molecule has 0 heterocycles. The molecular formula is C10H12N2O. The van der Waals surface area contributed by atoms with Crippen molar-refractivity contribution in [3.05, 3.63) is 35.9 Å². The Morgan fingerprint density at radius 2 is 2.00 bits per heavy atom. The molecule has 0 spiro atoms. The van der Waals surface area contributed by atoms with Crippen molar-refractivity contribution in [2.45, 2.75) is 12.1 Å². The number of hydrogen-bond donors (Lipinski definition) is 2. The number of aliphatic hydroxyl groups excluding tert-OH is 1. The standard InChI is InChI=1S/C10H12N2O/c1-12-10(9(13)7-11)8-5-3-2-4-6-8/h2-6,9-10,12-13H,1H3. The van der Waals surface area contributed by atoms with Gasteiger partial charge in [-0.25, -0.2) is 0 Å². The molecule has 3 nitrogen and oxygen atoms in total. The zero-order valence-electron chi connectivity index (χ0n) is 7.44. The van der Waals surface area contributed by atoms with Crippen LogP contribution in [0.3, 0.4) is 0 Å². The fourth-order valence-corrected chi connectivity index (χ4v) is 1.24. The van der Waals surface area contributed by atoms with Gasteiger partial charge in [-0.1, -0.05) is 30.3 Å². The van der Waals surface area contributed by atoms with E-state index in [1.165, 1.54) is 0 Å². The number of nitriles is 1. The van der Waals surface area contributed by atoms with E-state index in [4.69, 9.17) is 5.26 Å². The van der Waals surface area contributed by atoms with Gasteiger partial charge in [-0.2, -0.15) is 5.26 Å². The average Bonchev–Trinajstić information content (AvgIpc) is 2.20. The van der Waals surface area contributed by atoms with Gasteiger partial charge >= 0.3 is 0 Å². The van der Waals surface area contributed by atoms with Gasteiger partial charge in [-0.15, -0.1) is 0 Å². The summed E-state index contributed by atoms with van der Waals surface area (Å²) in [5, 5.41) is 20.8. The second-order valence-corrected chi connectivity index (χ2v) is 2.75. The number of benzene rings is 1. The Labute approximate surface area is 77.6 Å². The minimum absolute atomic E-state index is 0.314. The van der Waals surface area contributed by atoms with Crippen molar-refractivity contribution in [2.75, 3.05) is 7.05 Å². The number of hydrogen-bond acceptors (Lipinski definition) is 3. The summed E-state index contributed by atoms with van der Waals surface area (Å²) in [5.74, 6) is 0. The number of likely N-dealkylation sites (N-methyl/N-ethyl adjacent to an activating group) is 1. The molecule has 0 amide bonds. The molecule has 2 N–H and O–H groups in total. The molecule has 0 aliphatic rings. The van der Waals surface area contributed by atoms with Crippen molar-refractivity contribution in [3.8, 4) is 6.07 Å². The highest BCUT2D eigenvalue weighted by Crippen LogP contribution is 2.15. The summed E-state index contributed by atoms with van der Waals surface area (Å²) >= 11 is 0. The van der Waals surface area contributed by atoms with E-state index in [1.807, 2.05) is 36.4 Å². The lowest BCUT2D eigenvalue weighted by Crippen LogP contribution is -2.28. The zero-order chi connectivity index (χ0) is 9.68. The van der Waals surface area contributed by atoms with E-state index in [0.29, 0.717) is 0 Å². The molecule has 13 heavy (non-hydrogen) atoms. The number of nitrogens with one attached hydrogen (secondary N) is 1.